The minimum absolute atomic E-state index is 0. The summed E-state index contributed by atoms with van der Waals surface area (Å²) < 4.78 is 39.4. The molecule has 0 radical (unpaired) electrons. The fourth-order valence-corrected chi connectivity index (χ4v) is 3.07. The van der Waals surface area contributed by atoms with Crippen LogP contribution in [0, 0.1) is 23.0 Å². The van der Waals surface area contributed by atoms with E-state index < -0.39 is 17.5 Å². The van der Waals surface area contributed by atoms with Gasteiger partial charge in [-0.15, -0.1) is 12.4 Å². The van der Waals surface area contributed by atoms with Gasteiger partial charge in [-0.3, -0.25) is 4.79 Å². The van der Waals surface area contributed by atoms with Gasteiger partial charge in [0, 0.05) is 24.1 Å². The van der Waals surface area contributed by atoms with Crippen LogP contribution < -0.4 is 14.8 Å². The average molecular weight is 457 g/mol. The molecule has 10 heteroatoms. The molecule has 0 saturated heterocycles. The number of pyridine rings is 1. The second-order valence-corrected chi connectivity index (χ2v) is 6.37. The summed E-state index contributed by atoms with van der Waals surface area (Å²) >= 11 is 0. The Morgan fingerprint density at radius 2 is 1.94 bits per heavy atom. The summed E-state index contributed by atoms with van der Waals surface area (Å²) in [4.78, 5) is 19.4. The molecule has 32 heavy (non-hydrogen) atoms. The second-order valence-electron chi connectivity index (χ2n) is 6.37. The van der Waals surface area contributed by atoms with Crippen LogP contribution in [0.15, 0.2) is 54.9 Å². The summed E-state index contributed by atoms with van der Waals surface area (Å²) in [6.07, 6.45) is 2.94. The number of methoxy groups -OCH3 is 1. The van der Waals surface area contributed by atoms with Crippen molar-refractivity contribution >= 4 is 35.0 Å². The molecule has 2 aromatic carbocycles. The van der Waals surface area contributed by atoms with Gasteiger partial charge in [-0.05, 0) is 30.3 Å². The van der Waals surface area contributed by atoms with Gasteiger partial charge in [0.25, 0.3) is 5.91 Å². The highest BCUT2D eigenvalue weighted by atomic mass is 35.5. The highest BCUT2D eigenvalue weighted by Gasteiger charge is 2.19. The molecule has 7 nitrogen and oxygen atoms in total. The van der Waals surface area contributed by atoms with Crippen LogP contribution in [0.25, 0.3) is 11.0 Å². The molecule has 2 heterocycles. The van der Waals surface area contributed by atoms with Crippen LogP contribution in [0.3, 0.4) is 0 Å². The van der Waals surface area contributed by atoms with E-state index in [-0.39, 0.29) is 40.9 Å². The van der Waals surface area contributed by atoms with E-state index in [2.05, 4.69) is 15.3 Å². The van der Waals surface area contributed by atoms with Gasteiger partial charge in [-0.25, -0.2) is 13.8 Å². The number of rotatable bonds is 5. The van der Waals surface area contributed by atoms with Crippen molar-refractivity contribution in [2.24, 2.45) is 0 Å². The van der Waals surface area contributed by atoms with Gasteiger partial charge in [-0.1, -0.05) is 6.07 Å². The Bertz CT molecular complexity index is 1350. The van der Waals surface area contributed by atoms with Gasteiger partial charge in [0.1, 0.15) is 34.6 Å². The number of H-pyrrole nitrogens is 1. The number of ether oxygens (including phenoxy) is 2. The maximum absolute atomic E-state index is 14.7. The van der Waals surface area contributed by atoms with Crippen LogP contribution in [0.2, 0.25) is 0 Å². The zero-order chi connectivity index (χ0) is 22.0. The first kappa shape index (κ1) is 22.5. The summed E-state index contributed by atoms with van der Waals surface area (Å²) in [5, 5.41) is 12.1. The number of halogens is 3. The Hall–Kier alpha value is -4.16. The minimum atomic E-state index is -0.787. The van der Waals surface area contributed by atoms with E-state index in [0.717, 1.165) is 12.1 Å². The maximum atomic E-state index is 14.7. The van der Waals surface area contributed by atoms with Crippen molar-refractivity contribution in [2.45, 2.75) is 0 Å². The number of nitrogens with zero attached hydrogens (tertiary/aromatic N) is 2. The van der Waals surface area contributed by atoms with E-state index in [4.69, 9.17) is 9.47 Å². The smallest absolute Gasteiger partial charge is 0.262 e. The van der Waals surface area contributed by atoms with Crippen molar-refractivity contribution in [1.29, 1.82) is 5.26 Å². The highest BCUT2D eigenvalue weighted by Crippen LogP contribution is 2.33. The summed E-state index contributed by atoms with van der Waals surface area (Å²) in [6.45, 7) is 0. The number of carbonyl (C=O) groups excluding carboxylic acids is 1. The number of nitriles is 1. The zero-order valence-corrected chi connectivity index (χ0v) is 17.3. The number of fused-ring (bicyclic) bond motifs is 1. The van der Waals surface area contributed by atoms with Crippen molar-refractivity contribution in [2.75, 3.05) is 12.4 Å². The summed E-state index contributed by atoms with van der Waals surface area (Å²) in [6, 6.07) is 11.3. The van der Waals surface area contributed by atoms with Crippen molar-refractivity contribution in [3.8, 4) is 23.3 Å². The SMILES string of the molecule is COc1cccc(F)c1C(=O)Nc1ccc(Oc2ccnc3[nH]cc(C#N)c23)c(F)c1.Cl. The number of hydrogen-bond donors (Lipinski definition) is 2. The van der Waals surface area contributed by atoms with Crippen molar-refractivity contribution in [3.05, 3.63) is 77.6 Å². The van der Waals surface area contributed by atoms with E-state index in [1.165, 1.54) is 49.8 Å². The standard InChI is InChI=1S/C22H14F2N4O3.ClH/c1-30-17-4-2-3-14(23)20(17)22(29)28-13-5-6-16(15(24)9-13)31-18-7-8-26-21-19(18)12(10-25)11-27-21;/h2-9,11H,1H3,(H,26,27)(H,28,29);1H. The van der Waals surface area contributed by atoms with Crippen LogP contribution in [0.4, 0.5) is 14.5 Å². The van der Waals surface area contributed by atoms with Crippen LogP contribution >= 0.6 is 12.4 Å². The second kappa shape index (κ2) is 9.32. The molecule has 0 bridgehead atoms. The van der Waals surface area contributed by atoms with E-state index >= 15 is 0 Å². The molecule has 0 spiro atoms. The molecule has 0 fully saturated rings. The van der Waals surface area contributed by atoms with Gasteiger partial charge < -0.3 is 19.8 Å². The largest absolute Gasteiger partial charge is 0.496 e. The third-order valence-corrected chi connectivity index (χ3v) is 4.49. The normalized spacial score (nSPS) is 10.2. The molecule has 4 aromatic rings. The van der Waals surface area contributed by atoms with E-state index in [1.54, 1.807) is 0 Å². The molecule has 1 amide bonds. The number of anilines is 1. The predicted molar refractivity (Wildman–Crippen MR) is 115 cm³/mol. The summed E-state index contributed by atoms with van der Waals surface area (Å²) in [5.74, 6) is -2.14. The predicted octanol–water partition coefficient (Wildman–Crippen LogP) is 5.19. The van der Waals surface area contributed by atoms with Gasteiger partial charge >= 0.3 is 0 Å². The van der Waals surface area contributed by atoms with Gasteiger partial charge in [0.15, 0.2) is 11.6 Å². The first-order valence-corrected chi connectivity index (χ1v) is 8.99. The first-order chi connectivity index (χ1) is 15.0. The Kier molecular flexibility index (Phi) is 6.56. The number of aromatic amines is 1. The Morgan fingerprint density at radius 1 is 1.12 bits per heavy atom. The fourth-order valence-electron chi connectivity index (χ4n) is 3.07. The lowest BCUT2D eigenvalue weighted by Gasteiger charge is -2.12. The molecule has 0 atom stereocenters. The fraction of sp³-hybridized carbons (Fsp3) is 0.0455. The van der Waals surface area contributed by atoms with E-state index in [9.17, 15) is 18.8 Å². The number of aromatic nitrogens is 2. The number of amides is 1. The molecule has 0 saturated carbocycles. The highest BCUT2D eigenvalue weighted by molar-refractivity contribution is 6.06. The van der Waals surface area contributed by atoms with Crippen molar-refractivity contribution in [3.63, 3.8) is 0 Å². The zero-order valence-electron chi connectivity index (χ0n) is 16.5. The number of hydrogen-bond acceptors (Lipinski definition) is 5. The third-order valence-electron chi connectivity index (χ3n) is 4.49. The number of nitrogens with one attached hydrogen (secondary N) is 2. The van der Waals surface area contributed by atoms with E-state index in [0.29, 0.717) is 16.6 Å². The Morgan fingerprint density at radius 3 is 2.66 bits per heavy atom. The maximum Gasteiger partial charge on any atom is 0.262 e. The molecular weight excluding hydrogens is 442 g/mol. The number of carbonyl (C=O) groups is 1. The molecule has 0 aliphatic heterocycles. The molecule has 4 rings (SSSR count). The van der Waals surface area contributed by atoms with Gasteiger partial charge in [0.2, 0.25) is 0 Å². The van der Waals surface area contributed by atoms with Gasteiger partial charge in [-0.2, -0.15) is 5.26 Å². The first-order valence-electron chi connectivity index (χ1n) is 8.99. The molecule has 0 aliphatic carbocycles. The molecule has 0 unspecified atom stereocenters. The molecule has 2 aromatic heterocycles. The topological polar surface area (TPSA) is 100 Å². The van der Waals surface area contributed by atoms with Crippen LogP contribution in [0.1, 0.15) is 15.9 Å². The lowest BCUT2D eigenvalue weighted by Crippen LogP contribution is -2.15. The van der Waals surface area contributed by atoms with Gasteiger partial charge in [0.05, 0.1) is 18.1 Å². The molecule has 2 N–H and O–H groups in total. The lowest BCUT2D eigenvalue weighted by atomic mass is 10.1. The Balaban J connectivity index is 0.00000289. The molecule has 162 valence electrons. The third kappa shape index (κ3) is 4.17. The average Bonchev–Trinajstić information content (AvgIpc) is 3.19. The summed E-state index contributed by atoms with van der Waals surface area (Å²) in [5.41, 5.74) is 0.541. The number of benzene rings is 2. The van der Waals surface area contributed by atoms with Crippen LogP contribution in [-0.4, -0.2) is 23.0 Å². The van der Waals surface area contributed by atoms with Crippen molar-refractivity contribution in [1.82, 2.24) is 9.97 Å². The minimum Gasteiger partial charge on any atom is -0.496 e. The summed E-state index contributed by atoms with van der Waals surface area (Å²) in [7, 11) is 1.32. The lowest BCUT2D eigenvalue weighted by molar-refractivity contribution is 0.102. The van der Waals surface area contributed by atoms with Crippen LogP contribution in [0.5, 0.6) is 17.2 Å². The van der Waals surface area contributed by atoms with E-state index in [1.807, 2.05) is 6.07 Å². The quantitative estimate of drug-likeness (QED) is 0.430. The molecule has 0 aliphatic rings. The monoisotopic (exact) mass is 456 g/mol. The van der Waals surface area contributed by atoms with Crippen LogP contribution in [-0.2, 0) is 0 Å². The molecular formula is C22H15ClF2N4O3. The Labute approximate surface area is 187 Å². The van der Waals surface area contributed by atoms with Crippen molar-refractivity contribution < 1.29 is 23.0 Å².